The van der Waals surface area contributed by atoms with Gasteiger partial charge in [0.1, 0.15) is 5.75 Å². The molecule has 0 aromatic heterocycles. The van der Waals surface area contributed by atoms with Crippen molar-refractivity contribution in [3.8, 4) is 5.75 Å². The Morgan fingerprint density at radius 3 is 2.60 bits per heavy atom. The number of hydrogen-bond acceptors (Lipinski definition) is 4. The Hall–Kier alpha value is -1.42. The van der Waals surface area contributed by atoms with Crippen LogP contribution in [0.3, 0.4) is 0 Å². The molecule has 1 rings (SSSR count). The highest BCUT2D eigenvalue weighted by Gasteiger charge is 2.05. The normalized spacial score (nSPS) is 10.1. The second kappa shape index (κ2) is 5.46. The number of benzene rings is 1. The Balaban J connectivity index is 2.76. The smallest absolute Gasteiger partial charge is 0.121 e. The molecule has 0 saturated heterocycles. The summed E-state index contributed by atoms with van der Waals surface area (Å²) in [6, 6.07) is 5.66. The maximum absolute atomic E-state index is 5.91. The topological polar surface area (TPSA) is 47.7 Å². The lowest BCUT2D eigenvalue weighted by Gasteiger charge is -2.20. The van der Waals surface area contributed by atoms with Gasteiger partial charge in [-0.2, -0.15) is 0 Å². The van der Waals surface area contributed by atoms with Crippen molar-refractivity contribution < 1.29 is 9.47 Å². The molecule has 0 aliphatic rings. The van der Waals surface area contributed by atoms with Crippen molar-refractivity contribution >= 4 is 11.4 Å². The number of nitrogen functional groups attached to an aromatic ring is 1. The quantitative estimate of drug-likeness (QED) is 0.745. The summed E-state index contributed by atoms with van der Waals surface area (Å²) in [5.74, 6) is 0.774. The molecule has 0 amide bonds. The summed E-state index contributed by atoms with van der Waals surface area (Å²) >= 11 is 0. The van der Waals surface area contributed by atoms with Crippen LogP contribution in [-0.4, -0.2) is 34.4 Å². The lowest BCUT2D eigenvalue weighted by atomic mass is 10.2. The van der Waals surface area contributed by atoms with E-state index in [2.05, 4.69) is 4.90 Å². The first-order valence-corrected chi connectivity index (χ1v) is 4.82. The van der Waals surface area contributed by atoms with Crippen molar-refractivity contribution in [2.75, 3.05) is 45.1 Å². The molecular formula is C11H18N2O2. The zero-order chi connectivity index (χ0) is 11.3. The highest BCUT2D eigenvalue weighted by Crippen LogP contribution is 2.26. The first kappa shape index (κ1) is 11.7. The van der Waals surface area contributed by atoms with Crippen molar-refractivity contribution in [1.82, 2.24) is 0 Å². The Morgan fingerprint density at radius 2 is 2.07 bits per heavy atom. The van der Waals surface area contributed by atoms with E-state index in [-0.39, 0.29) is 0 Å². The third-order valence-electron chi connectivity index (χ3n) is 2.28. The van der Waals surface area contributed by atoms with Gasteiger partial charge in [-0.05, 0) is 12.1 Å². The zero-order valence-corrected chi connectivity index (χ0v) is 9.49. The van der Waals surface area contributed by atoms with Crippen molar-refractivity contribution in [1.29, 1.82) is 0 Å². The van der Waals surface area contributed by atoms with Crippen LogP contribution in [0.4, 0.5) is 11.4 Å². The molecule has 2 N–H and O–H groups in total. The first-order valence-electron chi connectivity index (χ1n) is 4.82. The third kappa shape index (κ3) is 3.02. The molecule has 0 heterocycles. The Bertz CT molecular complexity index is 315. The van der Waals surface area contributed by atoms with E-state index in [9.17, 15) is 0 Å². The first-order chi connectivity index (χ1) is 7.19. The van der Waals surface area contributed by atoms with E-state index in [1.54, 1.807) is 14.2 Å². The van der Waals surface area contributed by atoms with E-state index < -0.39 is 0 Å². The summed E-state index contributed by atoms with van der Waals surface area (Å²) in [6.07, 6.45) is 0. The van der Waals surface area contributed by atoms with Crippen LogP contribution in [0.5, 0.6) is 5.75 Å². The number of ether oxygens (including phenoxy) is 2. The molecule has 15 heavy (non-hydrogen) atoms. The van der Waals surface area contributed by atoms with E-state index in [4.69, 9.17) is 15.2 Å². The standard InChI is InChI=1S/C11H18N2O2/c1-13(6-7-14-2)11-5-4-9(15-3)8-10(11)12/h4-5,8H,6-7,12H2,1-3H3. The highest BCUT2D eigenvalue weighted by molar-refractivity contribution is 5.69. The summed E-state index contributed by atoms with van der Waals surface area (Å²) in [6.45, 7) is 1.50. The minimum absolute atomic E-state index is 0.683. The van der Waals surface area contributed by atoms with Crippen LogP contribution < -0.4 is 15.4 Å². The fourth-order valence-corrected chi connectivity index (χ4v) is 1.36. The maximum Gasteiger partial charge on any atom is 0.121 e. The molecule has 4 heteroatoms. The number of nitrogens with two attached hydrogens (primary N) is 1. The van der Waals surface area contributed by atoms with Gasteiger partial charge in [0.05, 0.1) is 25.1 Å². The second-order valence-corrected chi connectivity index (χ2v) is 3.34. The largest absolute Gasteiger partial charge is 0.497 e. The van der Waals surface area contributed by atoms with Crippen LogP contribution in [-0.2, 0) is 4.74 Å². The van der Waals surface area contributed by atoms with Crippen LogP contribution in [0.15, 0.2) is 18.2 Å². The predicted molar refractivity (Wildman–Crippen MR) is 62.6 cm³/mol. The van der Waals surface area contributed by atoms with Gasteiger partial charge in [-0.3, -0.25) is 0 Å². The van der Waals surface area contributed by atoms with Gasteiger partial charge >= 0.3 is 0 Å². The van der Waals surface area contributed by atoms with Crippen LogP contribution in [0.2, 0.25) is 0 Å². The molecule has 1 aromatic rings. The SMILES string of the molecule is COCCN(C)c1ccc(OC)cc1N. The number of nitrogens with zero attached hydrogens (tertiary/aromatic N) is 1. The molecule has 0 bridgehead atoms. The molecule has 0 atom stereocenters. The van der Waals surface area contributed by atoms with E-state index in [1.165, 1.54) is 0 Å². The second-order valence-electron chi connectivity index (χ2n) is 3.34. The molecule has 0 spiro atoms. The number of hydrogen-bond donors (Lipinski definition) is 1. The number of methoxy groups -OCH3 is 2. The fourth-order valence-electron chi connectivity index (χ4n) is 1.36. The van der Waals surface area contributed by atoms with Crippen LogP contribution in [0.25, 0.3) is 0 Å². The van der Waals surface area contributed by atoms with Gasteiger partial charge < -0.3 is 20.1 Å². The van der Waals surface area contributed by atoms with Crippen molar-refractivity contribution in [2.24, 2.45) is 0 Å². The van der Waals surface area contributed by atoms with Crippen LogP contribution in [0.1, 0.15) is 0 Å². The summed E-state index contributed by atoms with van der Waals surface area (Å²) in [7, 11) is 5.30. The van der Waals surface area contributed by atoms with E-state index in [0.717, 1.165) is 18.0 Å². The van der Waals surface area contributed by atoms with Gasteiger partial charge in [-0.1, -0.05) is 0 Å². The fraction of sp³-hybridized carbons (Fsp3) is 0.455. The monoisotopic (exact) mass is 210 g/mol. The minimum atomic E-state index is 0.683. The van der Waals surface area contributed by atoms with Gasteiger partial charge in [0, 0.05) is 26.8 Å². The molecular weight excluding hydrogens is 192 g/mol. The van der Waals surface area contributed by atoms with Gasteiger partial charge in [-0.15, -0.1) is 0 Å². The van der Waals surface area contributed by atoms with Gasteiger partial charge in [0.25, 0.3) is 0 Å². The van der Waals surface area contributed by atoms with Crippen molar-refractivity contribution in [3.63, 3.8) is 0 Å². The molecule has 0 aliphatic carbocycles. The summed E-state index contributed by atoms with van der Waals surface area (Å²) in [4.78, 5) is 2.05. The lowest BCUT2D eigenvalue weighted by molar-refractivity contribution is 0.206. The van der Waals surface area contributed by atoms with E-state index in [1.807, 2.05) is 25.2 Å². The molecule has 0 unspecified atom stereocenters. The van der Waals surface area contributed by atoms with E-state index in [0.29, 0.717) is 12.3 Å². The molecule has 0 aliphatic heterocycles. The highest BCUT2D eigenvalue weighted by atomic mass is 16.5. The average molecular weight is 210 g/mol. The Labute approximate surface area is 90.6 Å². The number of rotatable bonds is 5. The lowest BCUT2D eigenvalue weighted by Crippen LogP contribution is -2.22. The minimum Gasteiger partial charge on any atom is -0.497 e. The summed E-state index contributed by atoms with van der Waals surface area (Å²) < 4.78 is 10.1. The van der Waals surface area contributed by atoms with Crippen molar-refractivity contribution in [2.45, 2.75) is 0 Å². The maximum atomic E-state index is 5.91. The third-order valence-corrected chi connectivity index (χ3v) is 2.28. The molecule has 1 aromatic carbocycles. The van der Waals surface area contributed by atoms with Crippen LogP contribution >= 0.6 is 0 Å². The predicted octanol–water partition coefficient (Wildman–Crippen LogP) is 1.36. The molecule has 84 valence electrons. The molecule has 4 nitrogen and oxygen atoms in total. The van der Waals surface area contributed by atoms with Gasteiger partial charge in [0.2, 0.25) is 0 Å². The Morgan fingerprint density at radius 1 is 1.33 bits per heavy atom. The number of likely N-dealkylation sites (N-methyl/N-ethyl adjacent to an activating group) is 1. The Kier molecular flexibility index (Phi) is 4.24. The summed E-state index contributed by atoms with van der Waals surface area (Å²) in [5, 5.41) is 0. The average Bonchev–Trinajstić information content (AvgIpc) is 2.25. The van der Waals surface area contributed by atoms with Gasteiger partial charge in [0.15, 0.2) is 0 Å². The summed E-state index contributed by atoms with van der Waals surface area (Å²) in [5.41, 5.74) is 7.62. The molecule has 0 fully saturated rings. The van der Waals surface area contributed by atoms with Crippen LogP contribution in [0, 0.1) is 0 Å². The molecule has 0 radical (unpaired) electrons. The molecule has 0 saturated carbocycles. The van der Waals surface area contributed by atoms with Crippen molar-refractivity contribution in [3.05, 3.63) is 18.2 Å². The van der Waals surface area contributed by atoms with E-state index >= 15 is 0 Å². The zero-order valence-electron chi connectivity index (χ0n) is 9.49. The number of anilines is 2. The van der Waals surface area contributed by atoms with Gasteiger partial charge in [-0.25, -0.2) is 0 Å².